The lowest BCUT2D eigenvalue weighted by Crippen LogP contribution is -2.22. The molecule has 0 saturated heterocycles. The van der Waals surface area contributed by atoms with Gasteiger partial charge in [0, 0.05) is 0 Å². The fraction of sp³-hybridized carbons (Fsp3) is 0. The van der Waals surface area contributed by atoms with Crippen LogP contribution in [0.5, 0.6) is 0 Å². The van der Waals surface area contributed by atoms with Crippen LogP contribution >= 0.6 is 23.2 Å². The maximum atomic E-state index is 10.9. The van der Waals surface area contributed by atoms with Crippen molar-refractivity contribution in [1.82, 2.24) is 0 Å². The zero-order chi connectivity index (χ0) is 12.3. The Balaban J connectivity index is 3.23. The molecule has 0 unspecified atom stereocenters. The average molecular weight is 259 g/mol. The van der Waals surface area contributed by atoms with Crippen molar-refractivity contribution in [3.05, 3.63) is 27.7 Å². The Labute approximate surface area is 100 Å². The minimum absolute atomic E-state index is 0.0375. The van der Waals surface area contributed by atoms with Crippen LogP contribution < -0.4 is 5.32 Å². The summed E-state index contributed by atoms with van der Waals surface area (Å²) in [5, 5.41) is 19.3. The summed E-state index contributed by atoms with van der Waals surface area (Å²) in [4.78, 5) is 21.3. The summed E-state index contributed by atoms with van der Waals surface area (Å²) in [7, 11) is 0. The van der Waals surface area contributed by atoms with Crippen molar-refractivity contribution in [3.8, 4) is 6.07 Å². The molecule has 1 aromatic carbocycles. The molecular weight excluding hydrogens is 255 g/mol. The van der Waals surface area contributed by atoms with Crippen molar-refractivity contribution >= 4 is 40.8 Å². The SMILES string of the molecule is N#Cc1c(Cl)ccc(Cl)c1NC(=O)C(=O)O. The lowest BCUT2D eigenvalue weighted by Gasteiger charge is -2.07. The van der Waals surface area contributed by atoms with Crippen LogP contribution in [0.3, 0.4) is 0 Å². The summed E-state index contributed by atoms with van der Waals surface area (Å²) < 4.78 is 0. The number of rotatable bonds is 1. The summed E-state index contributed by atoms with van der Waals surface area (Å²) in [6, 6.07) is 4.45. The number of carbonyl (C=O) groups is 2. The third-order valence-electron chi connectivity index (χ3n) is 1.65. The summed E-state index contributed by atoms with van der Waals surface area (Å²) in [6.45, 7) is 0. The first-order valence-corrected chi connectivity index (χ1v) is 4.65. The van der Waals surface area contributed by atoms with Crippen LogP contribution in [-0.2, 0) is 9.59 Å². The first-order chi connectivity index (χ1) is 7.47. The van der Waals surface area contributed by atoms with Gasteiger partial charge in [0.25, 0.3) is 0 Å². The summed E-state index contributed by atoms with van der Waals surface area (Å²) >= 11 is 11.4. The average Bonchev–Trinajstić information content (AvgIpc) is 2.23. The Bertz CT molecular complexity index is 508. The van der Waals surface area contributed by atoms with Gasteiger partial charge in [0.05, 0.1) is 21.3 Å². The van der Waals surface area contributed by atoms with Gasteiger partial charge >= 0.3 is 11.9 Å². The molecule has 0 atom stereocenters. The monoisotopic (exact) mass is 258 g/mol. The molecule has 7 heteroatoms. The Morgan fingerprint density at radius 2 is 1.88 bits per heavy atom. The third-order valence-corrected chi connectivity index (χ3v) is 2.28. The molecule has 0 radical (unpaired) electrons. The number of aliphatic carboxylic acids is 1. The normalized spacial score (nSPS) is 9.31. The van der Waals surface area contributed by atoms with Crippen LogP contribution in [0.25, 0.3) is 0 Å². The largest absolute Gasteiger partial charge is 0.474 e. The zero-order valence-corrected chi connectivity index (χ0v) is 9.13. The topological polar surface area (TPSA) is 90.2 Å². The molecule has 0 heterocycles. The van der Waals surface area contributed by atoms with Crippen LogP contribution in [0.4, 0.5) is 5.69 Å². The minimum atomic E-state index is -1.68. The van der Waals surface area contributed by atoms with E-state index in [-0.39, 0.29) is 21.3 Å². The van der Waals surface area contributed by atoms with Gasteiger partial charge in [-0.15, -0.1) is 0 Å². The molecule has 0 bridgehead atoms. The van der Waals surface area contributed by atoms with Gasteiger partial charge in [-0.05, 0) is 12.1 Å². The van der Waals surface area contributed by atoms with Gasteiger partial charge in [0.2, 0.25) is 0 Å². The zero-order valence-electron chi connectivity index (χ0n) is 7.62. The summed E-state index contributed by atoms with van der Waals surface area (Å²) in [5.74, 6) is -2.97. The van der Waals surface area contributed by atoms with E-state index in [1.54, 1.807) is 6.07 Å². The van der Waals surface area contributed by atoms with E-state index in [1.165, 1.54) is 12.1 Å². The van der Waals surface area contributed by atoms with E-state index >= 15 is 0 Å². The number of carbonyl (C=O) groups excluding carboxylic acids is 1. The second-order valence-corrected chi connectivity index (χ2v) is 3.46. The van der Waals surface area contributed by atoms with Gasteiger partial charge in [-0.25, -0.2) is 4.79 Å². The molecule has 16 heavy (non-hydrogen) atoms. The van der Waals surface area contributed by atoms with Crippen LogP contribution in [0.2, 0.25) is 10.0 Å². The molecule has 0 aliphatic carbocycles. The minimum Gasteiger partial charge on any atom is -0.474 e. The predicted molar refractivity (Wildman–Crippen MR) is 57.4 cm³/mol. The molecule has 0 aromatic heterocycles. The molecule has 1 rings (SSSR count). The molecule has 0 saturated carbocycles. The third kappa shape index (κ3) is 2.42. The van der Waals surface area contributed by atoms with E-state index in [0.717, 1.165) is 0 Å². The number of amides is 1. The smallest absolute Gasteiger partial charge is 0.394 e. The lowest BCUT2D eigenvalue weighted by molar-refractivity contribution is -0.147. The molecule has 1 amide bonds. The summed E-state index contributed by atoms with van der Waals surface area (Å²) in [5.41, 5.74) is -0.187. The second-order valence-electron chi connectivity index (χ2n) is 2.65. The Kier molecular flexibility index (Phi) is 3.72. The number of hydrogen-bond donors (Lipinski definition) is 2. The molecular formula is C9H4Cl2N2O3. The highest BCUT2D eigenvalue weighted by Gasteiger charge is 2.17. The fourth-order valence-electron chi connectivity index (χ4n) is 0.950. The molecule has 0 aliphatic rings. The number of nitrogens with one attached hydrogen (secondary N) is 1. The number of nitriles is 1. The highest BCUT2D eigenvalue weighted by molar-refractivity contribution is 6.40. The molecule has 0 aliphatic heterocycles. The van der Waals surface area contributed by atoms with Crippen molar-refractivity contribution in [2.45, 2.75) is 0 Å². The molecule has 0 spiro atoms. The van der Waals surface area contributed by atoms with Gasteiger partial charge in [0.15, 0.2) is 0 Å². The highest BCUT2D eigenvalue weighted by atomic mass is 35.5. The van der Waals surface area contributed by atoms with Crippen molar-refractivity contribution < 1.29 is 14.7 Å². The number of nitrogens with zero attached hydrogens (tertiary/aromatic N) is 1. The second kappa shape index (κ2) is 4.84. The molecule has 2 N–H and O–H groups in total. The Morgan fingerprint density at radius 1 is 1.31 bits per heavy atom. The number of carboxylic acid groups (broad SMARTS) is 1. The van der Waals surface area contributed by atoms with Crippen molar-refractivity contribution in [3.63, 3.8) is 0 Å². The van der Waals surface area contributed by atoms with Crippen LogP contribution in [0, 0.1) is 11.3 Å². The predicted octanol–water partition coefficient (Wildman–Crippen LogP) is 1.89. The number of halogens is 2. The number of hydrogen-bond acceptors (Lipinski definition) is 3. The van der Waals surface area contributed by atoms with Gasteiger partial charge in [-0.3, -0.25) is 4.79 Å². The molecule has 82 valence electrons. The van der Waals surface area contributed by atoms with Crippen molar-refractivity contribution in [1.29, 1.82) is 5.26 Å². The fourth-order valence-corrected chi connectivity index (χ4v) is 1.35. The summed E-state index contributed by atoms with van der Waals surface area (Å²) in [6.07, 6.45) is 0. The van der Waals surface area contributed by atoms with E-state index in [2.05, 4.69) is 0 Å². The van der Waals surface area contributed by atoms with Crippen LogP contribution in [-0.4, -0.2) is 17.0 Å². The van der Waals surface area contributed by atoms with E-state index in [4.69, 9.17) is 33.6 Å². The van der Waals surface area contributed by atoms with Crippen LogP contribution in [0.15, 0.2) is 12.1 Å². The number of anilines is 1. The quantitative estimate of drug-likeness (QED) is 0.753. The van der Waals surface area contributed by atoms with Crippen molar-refractivity contribution in [2.75, 3.05) is 5.32 Å². The standard InChI is InChI=1S/C9H4Cl2N2O3/c10-5-1-2-6(11)7(4(5)3-12)13-8(14)9(15)16/h1-2H,(H,13,14)(H,15,16). The molecule has 1 aromatic rings. The lowest BCUT2D eigenvalue weighted by atomic mass is 10.2. The van der Waals surface area contributed by atoms with Gasteiger partial charge in [0.1, 0.15) is 6.07 Å². The maximum Gasteiger partial charge on any atom is 0.394 e. The van der Waals surface area contributed by atoms with E-state index in [0.29, 0.717) is 0 Å². The Hall–Kier alpha value is -1.77. The van der Waals surface area contributed by atoms with Crippen LogP contribution in [0.1, 0.15) is 5.56 Å². The van der Waals surface area contributed by atoms with Gasteiger partial charge in [-0.2, -0.15) is 5.26 Å². The molecule has 0 fully saturated rings. The number of benzene rings is 1. The first kappa shape index (κ1) is 12.3. The van der Waals surface area contributed by atoms with E-state index < -0.39 is 11.9 Å². The van der Waals surface area contributed by atoms with E-state index in [9.17, 15) is 9.59 Å². The first-order valence-electron chi connectivity index (χ1n) is 3.89. The number of carboxylic acids is 1. The van der Waals surface area contributed by atoms with Crippen molar-refractivity contribution in [2.24, 2.45) is 0 Å². The van der Waals surface area contributed by atoms with E-state index in [1.807, 2.05) is 5.32 Å². The van der Waals surface area contributed by atoms with Gasteiger partial charge < -0.3 is 10.4 Å². The molecule has 5 nitrogen and oxygen atoms in total. The Morgan fingerprint density at radius 3 is 2.38 bits per heavy atom. The van der Waals surface area contributed by atoms with Gasteiger partial charge in [-0.1, -0.05) is 23.2 Å². The maximum absolute atomic E-state index is 10.9. The highest BCUT2D eigenvalue weighted by Crippen LogP contribution is 2.31.